The van der Waals surface area contributed by atoms with Crippen molar-refractivity contribution in [2.75, 3.05) is 12.1 Å². The van der Waals surface area contributed by atoms with E-state index in [1.165, 1.54) is 7.11 Å². The van der Waals surface area contributed by atoms with Crippen LogP contribution in [0.5, 0.6) is 0 Å². The van der Waals surface area contributed by atoms with Gasteiger partial charge in [0.2, 0.25) is 0 Å². The first-order chi connectivity index (χ1) is 11.1. The largest absolute Gasteiger partial charge is 0.468 e. The summed E-state index contributed by atoms with van der Waals surface area (Å²) in [4.78, 5) is 12.5. The molecule has 0 saturated carbocycles. The molecule has 0 aromatic heterocycles. The molecule has 1 atom stereocenters. The Morgan fingerprint density at radius 3 is 2.17 bits per heavy atom. The molecule has 4 nitrogen and oxygen atoms in total. The summed E-state index contributed by atoms with van der Waals surface area (Å²) in [6.45, 7) is 4.03. The molecule has 4 heteroatoms. The highest BCUT2D eigenvalue weighted by Gasteiger charge is 2.50. The number of ether oxygens (including phenoxy) is 1. The van der Waals surface area contributed by atoms with Crippen molar-refractivity contribution >= 4 is 17.4 Å². The van der Waals surface area contributed by atoms with E-state index in [0.29, 0.717) is 0 Å². The topological polar surface area (TPSA) is 41.9 Å². The minimum atomic E-state index is -0.514. The van der Waals surface area contributed by atoms with E-state index in [1.54, 1.807) is 0 Å². The Labute approximate surface area is 136 Å². The van der Waals surface area contributed by atoms with Gasteiger partial charge in [-0.2, -0.15) is 5.10 Å². The number of anilines is 1. The van der Waals surface area contributed by atoms with Crippen molar-refractivity contribution < 1.29 is 9.53 Å². The molecule has 0 radical (unpaired) electrons. The average molecular weight is 308 g/mol. The molecule has 2 aromatic rings. The van der Waals surface area contributed by atoms with Gasteiger partial charge >= 0.3 is 5.97 Å². The van der Waals surface area contributed by atoms with Gasteiger partial charge in [-0.15, -0.1) is 0 Å². The van der Waals surface area contributed by atoms with E-state index >= 15 is 0 Å². The molecule has 0 bridgehead atoms. The van der Waals surface area contributed by atoms with Crippen LogP contribution in [0.3, 0.4) is 0 Å². The lowest BCUT2D eigenvalue weighted by atomic mass is 9.82. The molecule has 1 heterocycles. The summed E-state index contributed by atoms with van der Waals surface area (Å²) in [6.07, 6.45) is 0. The van der Waals surface area contributed by atoms with Crippen LogP contribution < -0.4 is 5.01 Å². The molecule has 0 saturated heterocycles. The molecular formula is C19H20N2O2. The van der Waals surface area contributed by atoms with Gasteiger partial charge in [-0.25, -0.2) is 0 Å². The second-order valence-electron chi connectivity index (χ2n) is 6.11. The zero-order valence-corrected chi connectivity index (χ0v) is 13.6. The summed E-state index contributed by atoms with van der Waals surface area (Å²) in [6, 6.07) is 19.7. The quantitative estimate of drug-likeness (QED) is 0.815. The second kappa shape index (κ2) is 5.88. The van der Waals surface area contributed by atoms with Gasteiger partial charge in [0.05, 0.1) is 24.0 Å². The Hall–Kier alpha value is -2.62. The molecule has 118 valence electrons. The van der Waals surface area contributed by atoms with Gasteiger partial charge in [-0.1, -0.05) is 48.5 Å². The fourth-order valence-electron chi connectivity index (χ4n) is 3.06. The van der Waals surface area contributed by atoms with Crippen LogP contribution in [0.2, 0.25) is 0 Å². The zero-order valence-electron chi connectivity index (χ0n) is 13.6. The number of hydrogen-bond acceptors (Lipinski definition) is 4. The van der Waals surface area contributed by atoms with Crippen LogP contribution in [0.4, 0.5) is 5.69 Å². The second-order valence-corrected chi connectivity index (χ2v) is 6.11. The van der Waals surface area contributed by atoms with Gasteiger partial charge < -0.3 is 4.74 Å². The van der Waals surface area contributed by atoms with Crippen LogP contribution in [-0.2, 0) is 9.53 Å². The van der Waals surface area contributed by atoms with E-state index in [-0.39, 0.29) is 5.97 Å². The van der Waals surface area contributed by atoms with Gasteiger partial charge in [0.15, 0.2) is 0 Å². The predicted octanol–water partition coefficient (Wildman–Crippen LogP) is 3.48. The van der Waals surface area contributed by atoms with Crippen molar-refractivity contribution in [1.29, 1.82) is 0 Å². The summed E-state index contributed by atoms with van der Waals surface area (Å²) >= 11 is 0. The van der Waals surface area contributed by atoms with E-state index in [1.807, 2.05) is 79.5 Å². The minimum absolute atomic E-state index is 0.268. The number of benzene rings is 2. The molecule has 0 N–H and O–H groups in total. The molecule has 23 heavy (non-hydrogen) atoms. The monoisotopic (exact) mass is 308 g/mol. The van der Waals surface area contributed by atoms with Gasteiger partial charge in [0.25, 0.3) is 0 Å². The number of esters is 1. The summed E-state index contributed by atoms with van der Waals surface area (Å²) in [5, 5.41) is 6.69. The molecule has 2 aromatic carbocycles. The molecule has 0 fully saturated rings. The van der Waals surface area contributed by atoms with Crippen molar-refractivity contribution in [3.05, 3.63) is 66.2 Å². The summed E-state index contributed by atoms with van der Waals surface area (Å²) in [5.41, 5.74) is 2.12. The number of para-hydroxylation sites is 1. The number of hydrogen-bond donors (Lipinski definition) is 0. The molecule has 0 unspecified atom stereocenters. The van der Waals surface area contributed by atoms with E-state index in [4.69, 9.17) is 9.84 Å². The number of methoxy groups -OCH3 is 1. The fraction of sp³-hybridized carbons (Fsp3) is 0.263. The number of carbonyl (C=O) groups excluding carboxylic acids is 1. The number of hydrazone groups is 1. The van der Waals surface area contributed by atoms with E-state index in [2.05, 4.69) is 0 Å². The Morgan fingerprint density at radius 2 is 1.61 bits per heavy atom. The number of nitrogens with zero attached hydrogens (tertiary/aromatic N) is 2. The van der Waals surface area contributed by atoms with Crippen LogP contribution in [0, 0.1) is 5.92 Å². The number of carbonyl (C=O) groups is 1. The van der Waals surface area contributed by atoms with E-state index < -0.39 is 11.5 Å². The maximum absolute atomic E-state index is 12.5. The lowest BCUT2D eigenvalue weighted by Gasteiger charge is -2.34. The van der Waals surface area contributed by atoms with Crippen molar-refractivity contribution in [1.82, 2.24) is 0 Å². The zero-order chi connectivity index (χ0) is 16.4. The highest BCUT2D eigenvalue weighted by Crippen LogP contribution is 2.39. The maximum atomic E-state index is 12.5. The van der Waals surface area contributed by atoms with Gasteiger partial charge in [0, 0.05) is 0 Å². The summed E-state index contributed by atoms with van der Waals surface area (Å²) < 4.78 is 5.06. The van der Waals surface area contributed by atoms with E-state index in [9.17, 15) is 4.79 Å². The Kier molecular flexibility index (Phi) is 3.90. The standard InChI is InChI=1S/C19H20N2O2/c1-19(2)16(18(22)23-3)17(14-10-6-4-7-11-14)20-21(19)15-12-8-5-9-13-15/h4-13,16H,1-3H3/t16-/m0/s1. The van der Waals surface area contributed by atoms with Crippen LogP contribution in [0.25, 0.3) is 0 Å². The van der Waals surface area contributed by atoms with Crippen molar-refractivity contribution in [3.63, 3.8) is 0 Å². The van der Waals surface area contributed by atoms with Crippen molar-refractivity contribution in [3.8, 4) is 0 Å². The Morgan fingerprint density at radius 1 is 1.04 bits per heavy atom. The molecule has 1 aliphatic rings. The molecule has 0 aliphatic carbocycles. The van der Waals surface area contributed by atoms with Crippen LogP contribution in [0.15, 0.2) is 65.8 Å². The molecule has 1 aliphatic heterocycles. The third-order valence-electron chi connectivity index (χ3n) is 4.24. The molecule has 0 amide bonds. The maximum Gasteiger partial charge on any atom is 0.317 e. The highest BCUT2D eigenvalue weighted by molar-refractivity contribution is 6.15. The van der Waals surface area contributed by atoms with Crippen molar-refractivity contribution in [2.45, 2.75) is 19.4 Å². The third kappa shape index (κ3) is 2.61. The Balaban J connectivity index is 2.12. The van der Waals surface area contributed by atoms with Crippen LogP contribution >= 0.6 is 0 Å². The predicted molar refractivity (Wildman–Crippen MR) is 91.5 cm³/mol. The van der Waals surface area contributed by atoms with Gasteiger partial charge in [0.1, 0.15) is 5.92 Å². The van der Waals surface area contributed by atoms with Crippen molar-refractivity contribution in [2.24, 2.45) is 11.0 Å². The third-order valence-corrected chi connectivity index (χ3v) is 4.24. The first kappa shape index (κ1) is 15.3. The summed E-state index contributed by atoms with van der Waals surface area (Å²) in [7, 11) is 1.42. The minimum Gasteiger partial charge on any atom is -0.468 e. The smallest absolute Gasteiger partial charge is 0.317 e. The van der Waals surface area contributed by atoms with E-state index in [0.717, 1.165) is 17.0 Å². The Bertz CT molecular complexity index is 724. The first-order valence-electron chi connectivity index (χ1n) is 7.62. The van der Waals surface area contributed by atoms with Crippen LogP contribution in [-0.4, -0.2) is 24.3 Å². The highest BCUT2D eigenvalue weighted by atomic mass is 16.5. The molecule has 0 spiro atoms. The normalized spacial score (nSPS) is 19.3. The summed E-state index contributed by atoms with van der Waals surface area (Å²) in [5.74, 6) is -0.717. The van der Waals surface area contributed by atoms with Gasteiger partial charge in [-0.3, -0.25) is 9.80 Å². The van der Waals surface area contributed by atoms with Gasteiger partial charge in [-0.05, 0) is 31.5 Å². The lowest BCUT2D eigenvalue weighted by molar-refractivity contribution is -0.144. The molecule has 3 rings (SSSR count). The first-order valence-corrected chi connectivity index (χ1v) is 7.62. The fourth-order valence-corrected chi connectivity index (χ4v) is 3.06. The SMILES string of the molecule is COC(=O)[C@@H]1C(c2ccccc2)=NN(c2ccccc2)C1(C)C. The van der Waals surface area contributed by atoms with Crippen LogP contribution in [0.1, 0.15) is 19.4 Å². The average Bonchev–Trinajstić information content (AvgIpc) is 2.87. The number of rotatable bonds is 3. The lowest BCUT2D eigenvalue weighted by Crippen LogP contribution is -2.47. The molecular weight excluding hydrogens is 288 g/mol.